The highest BCUT2D eigenvalue weighted by Gasteiger charge is 2.13. The lowest BCUT2D eigenvalue weighted by Gasteiger charge is -2.05. The van der Waals surface area contributed by atoms with Crippen LogP contribution >= 0.6 is 27.3 Å². The van der Waals surface area contributed by atoms with Crippen LogP contribution in [0.15, 0.2) is 16.1 Å². The van der Waals surface area contributed by atoms with Crippen molar-refractivity contribution in [1.82, 2.24) is 0 Å². The van der Waals surface area contributed by atoms with Gasteiger partial charge in [-0.15, -0.1) is 11.3 Å². The van der Waals surface area contributed by atoms with E-state index in [1.165, 1.54) is 11.3 Å². The summed E-state index contributed by atoms with van der Waals surface area (Å²) in [5.41, 5.74) is 0.0208. The molecule has 0 N–H and O–H groups in total. The monoisotopic (exact) mass is 313 g/mol. The van der Waals surface area contributed by atoms with Crippen molar-refractivity contribution in [2.75, 3.05) is 0 Å². The van der Waals surface area contributed by atoms with E-state index in [9.17, 15) is 4.79 Å². The molecule has 0 aromatic carbocycles. The average Bonchev–Trinajstić information content (AvgIpc) is 2.53. The van der Waals surface area contributed by atoms with Crippen molar-refractivity contribution in [3.05, 3.63) is 25.9 Å². The highest BCUT2D eigenvalue weighted by atomic mass is 79.9. The van der Waals surface area contributed by atoms with Gasteiger partial charge >= 0.3 is 5.97 Å². The van der Waals surface area contributed by atoms with E-state index in [1.54, 1.807) is 19.9 Å². The van der Waals surface area contributed by atoms with Gasteiger partial charge in [0.05, 0.1) is 6.10 Å². The molecule has 1 rings (SSSR count). The van der Waals surface area contributed by atoms with Gasteiger partial charge in [-0.05, 0) is 48.8 Å². The van der Waals surface area contributed by atoms with Gasteiger partial charge in [0.25, 0.3) is 0 Å². The van der Waals surface area contributed by atoms with Crippen LogP contribution in [0, 0.1) is 18.3 Å². The van der Waals surface area contributed by atoms with Crippen molar-refractivity contribution in [3.63, 3.8) is 0 Å². The normalized spacial score (nSPS) is 11.4. The van der Waals surface area contributed by atoms with Crippen molar-refractivity contribution < 1.29 is 9.53 Å². The fourth-order valence-electron chi connectivity index (χ4n) is 1.11. The van der Waals surface area contributed by atoms with E-state index in [-0.39, 0.29) is 11.7 Å². The van der Waals surface area contributed by atoms with Gasteiger partial charge in [0.1, 0.15) is 11.6 Å². The molecular formula is C12H12BrNO2S. The van der Waals surface area contributed by atoms with Crippen molar-refractivity contribution in [3.8, 4) is 6.07 Å². The minimum absolute atomic E-state index is 0.0208. The first-order valence-corrected chi connectivity index (χ1v) is 6.63. The summed E-state index contributed by atoms with van der Waals surface area (Å²) < 4.78 is 5.95. The third-order valence-corrected chi connectivity index (χ3v) is 3.93. The first kappa shape index (κ1) is 13.9. The summed E-state index contributed by atoms with van der Waals surface area (Å²) in [5.74, 6) is -0.579. The van der Waals surface area contributed by atoms with Gasteiger partial charge < -0.3 is 4.74 Å². The fourth-order valence-corrected chi connectivity index (χ4v) is 2.61. The van der Waals surface area contributed by atoms with Crippen LogP contribution in [0.25, 0.3) is 6.08 Å². The van der Waals surface area contributed by atoms with E-state index in [0.29, 0.717) is 0 Å². The number of hydrogen-bond donors (Lipinski definition) is 0. The molecule has 0 aliphatic heterocycles. The highest BCUT2D eigenvalue weighted by Crippen LogP contribution is 2.28. The zero-order valence-electron chi connectivity index (χ0n) is 9.78. The summed E-state index contributed by atoms with van der Waals surface area (Å²) in [5, 5.41) is 8.92. The molecule has 0 fully saturated rings. The number of aryl methyl sites for hydroxylation is 1. The second kappa shape index (κ2) is 5.99. The lowest BCUT2D eigenvalue weighted by atomic mass is 10.2. The summed E-state index contributed by atoms with van der Waals surface area (Å²) in [6, 6.07) is 3.74. The van der Waals surface area contributed by atoms with Crippen LogP contribution in [0.4, 0.5) is 0 Å². The van der Waals surface area contributed by atoms with Gasteiger partial charge in [-0.1, -0.05) is 0 Å². The first-order chi connectivity index (χ1) is 7.93. The van der Waals surface area contributed by atoms with E-state index >= 15 is 0 Å². The van der Waals surface area contributed by atoms with Crippen molar-refractivity contribution in [2.24, 2.45) is 0 Å². The second-order valence-corrected chi connectivity index (χ2v) is 5.82. The number of rotatable bonds is 3. The first-order valence-electron chi connectivity index (χ1n) is 5.02. The molecule has 0 atom stereocenters. The predicted octanol–water partition coefficient (Wildman–Crippen LogP) is 3.68. The fraction of sp³-hybridized carbons (Fsp3) is 0.333. The topological polar surface area (TPSA) is 50.1 Å². The molecule has 0 amide bonds. The summed E-state index contributed by atoms with van der Waals surface area (Å²) in [6.45, 7) is 5.46. The van der Waals surface area contributed by atoms with Gasteiger partial charge in [0.15, 0.2) is 0 Å². The Labute approximate surface area is 113 Å². The van der Waals surface area contributed by atoms with E-state index in [1.807, 2.05) is 19.1 Å². The molecule has 0 saturated carbocycles. The maximum absolute atomic E-state index is 11.6. The Kier molecular flexibility index (Phi) is 4.91. The van der Waals surface area contributed by atoms with Crippen LogP contribution in [0.1, 0.15) is 23.6 Å². The number of carbonyl (C=O) groups excluding carboxylic acids is 1. The van der Waals surface area contributed by atoms with Gasteiger partial charge in [-0.3, -0.25) is 0 Å². The third kappa shape index (κ3) is 3.99. The maximum Gasteiger partial charge on any atom is 0.349 e. The molecular weight excluding hydrogens is 302 g/mol. The molecule has 0 spiro atoms. The summed E-state index contributed by atoms with van der Waals surface area (Å²) in [6.07, 6.45) is 1.32. The molecule has 0 bridgehead atoms. The molecule has 5 heteroatoms. The Bertz CT molecular complexity index is 478. The lowest BCUT2D eigenvalue weighted by molar-refractivity contribution is -0.142. The number of carbonyl (C=O) groups is 1. The number of esters is 1. The molecule has 0 saturated heterocycles. The Morgan fingerprint density at radius 1 is 1.65 bits per heavy atom. The average molecular weight is 314 g/mol. The van der Waals surface area contributed by atoms with Crippen molar-refractivity contribution in [1.29, 1.82) is 5.26 Å². The van der Waals surface area contributed by atoms with Crippen LogP contribution in [0.3, 0.4) is 0 Å². The minimum atomic E-state index is -0.579. The number of halogens is 1. The molecule has 0 unspecified atom stereocenters. The lowest BCUT2D eigenvalue weighted by Crippen LogP contribution is -2.12. The SMILES string of the molecule is Cc1sc(/C=C(/C#N)C(=O)OC(C)C)cc1Br. The Hall–Kier alpha value is -1.12. The van der Waals surface area contributed by atoms with Gasteiger partial charge in [0.2, 0.25) is 0 Å². The Morgan fingerprint density at radius 3 is 2.71 bits per heavy atom. The molecule has 17 heavy (non-hydrogen) atoms. The second-order valence-electron chi connectivity index (χ2n) is 3.68. The van der Waals surface area contributed by atoms with Gasteiger partial charge in [0, 0.05) is 14.2 Å². The molecule has 1 aromatic rings. The van der Waals surface area contributed by atoms with Crippen LogP contribution in [0.5, 0.6) is 0 Å². The molecule has 0 radical (unpaired) electrons. The maximum atomic E-state index is 11.6. The Balaban J connectivity index is 2.95. The molecule has 0 aliphatic rings. The molecule has 90 valence electrons. The number of ether oxygens (including phenoxy) is 1. The van der Waals surface area contributed by atoms with E-state index in [4.69, 9.17) is 10.00 Å². The highest BCUT2D eigenvalue weighted by molar-refractivity contribution is 9.10. The largest absolute Gasteiger partial charge is 0.459 e. The predicted molar refractivity (Wildman–Crippen MR) is 71.6 cm³/mol. The number of thiophene rings is 1. The number of nitriles is 1. The summed E-state index contributed by atoms with van der Waals surface area (Å²) >= 11 is 4.90. The smallest absolute Gasteiger partial charge is 0.349 e. The van der Waals surface area contributed by atoms with Crippen LogP contribution < -0.4 is 0 Å². The Morgan fingerprint density at radius 2 is 2.29 bits per heavy atom. The van der Waals surface area contributed by atoms with Crippen molar-refractivity contribution in [2.45, 2.75) is 26.9 Å². The van der Waals surface area contributed by atoms with E-state index in [0.717, 1.165) is 14.2 Å². The minimum Gasteiger partial charge on any atom is -0.459 e. The zero-order chi connectivity index (χ0) is 13.0. The van der Waals surface area contributed by atoms with E-state index in [2.05, 4.69) is 15.9 Å². The van der Waals surface area contributed by atoms with Crippen LogP contribution in [-0.4, -0.2) is 12.1 Å². The quantitative estimate of drug-likeness (QED) is 0.486. The van der Waals surface area contributed by atoms with Crippen LogP contribution in [-0.2, 0) is 9.53 Å². The molecule has 1 heterocycles. The standard InChI is InChI=1S/C12H12BrNO2S/c1-7(2)16-12(15)9(6-14)4-10-5-11(13)8(3)17-10/h4-5,7H,1-3H3/b9-4-. The zero-order valence-corrected chi connectivity index (χ0v) is 12.2. The summed E-state index contributed by atoms with van der Waals surface area (Å²) in [4.78, 5) is 13.5. The molecule has 1 aromatic heterocycles. The molecule has 3 nitrogen and oxygen atoms in total. The molecule has 0 aliphatic carbocycles. The number of hydrogen-bond acceptors (Lipinski definition) is 4. The van der Waals surface area contributed by atoms with Crippen LogP contribution in [0.2, 0.25) is 0 Å². The number of nitrogens with zero attached hydrogens (tertiary/aromatic N) is 1. The van der Waals surface area contributed by atoms with Crippen molar-refractivity contribution >= 4 is 39.3 Å². The van der Waals surface area contributed by atoms with Gasteiger partial charge in [-0.2, -0.15) is 5.26 Å². The van der Waals surface area contributed by atoms with Gasteiger partial charge in [-0.25, -0.2) is 4.79 Å². The summed E-state index contributed by atoms with van der Waals surface area (Å²) in [7, 11) is 0. The third-order valence-electron chi connectivity index (χ3n) is 1.85. The van der Waals surface area contributed by atoms with E-state index < -0.39 is 5.97 Å².